The van der Waals surface area contributed by atoms with Crippen LogP contribution < -0.4 is 4.72 Å². The Labute approximate surface area is 115 Å². The van der Waals surface area contributed by atoms with Gasteiger partial charge in [0, 0.05) is 6.54 Å². The molecular weight excluding hydrogens is 323 g/mol. The molecule has 0 saturated carbocycles. The van der Waals surface area contributed by atoms with E-state index >= 15 is 0 Å². The highest BCUT2D eigenvalue weighted by molar-refractivity contribution is 9.10. The lowest BCUT2D eigenvalue weighted by Crippen LogP contribution is -2.27. The van der Waals surface area contributed by atoms with Gasteiger partial charge in [-0.05, 0) is 61.2 Å². The van der Waals surface area contributed by atoms with Gasteiger partial charge in [0.1, 0.15) is 5.82 Å². The number of halogens is 2. The Morgan fingerprint density at radius 3 is 2.61 bits per heavy atom. The fraction of sp³-hybridized carbons (Fsp3) is 0.455. The van der Waals surface area contributed by atoms with Gasteiger partial charge in [-0.25, -0.2) is 17.5 Å². The van der Waals surface area contributed by atoms with Crippen molar-refractivity contribution < 1.29 is 12.8 Å². The van der Waals surface area contributed by atoms with Crippen molar-refractivity contribution >= 4 is 26.0 Å². The van der Waals surface area contributed by atoms with E-state index < -0.39 is 15.8 Å². The highest BCUT2D eigenvalue weighted by atomic mass is 79.9. The zero-order valence-corrected chi connectivity index (χ0v) is 12.7. The molecule has 1 aromatic carbocycles. The van der Waals surface area contributed by atoms with E-state index in [1.54, 1.807) is 0 Å². The quantitative estimate of drug-likeness (QED) is 0.805. The van der Waals surface area contributed by atoms with E-state index in [4.69, 9.17) is 0 Å². The summed E-state index contributed by atoms with van der Waals surface area (Å²) in [7, 11) is 0.204. The van der Waals surface area contributed by atoms with Crippen LogP contribution in [0.2, 0.25) is 0 Å². The van der Waals surface area contributed by atoms with Gasteiger partial charge in [0.05, 0.1) is 9.37 Å². The predicted molar refractivity (Wildman–Crippen MR) is 72.5 cm³/mol. The summed E-state index contributed by atoms with van der Waals surface area (Å²) >= 11 is 2.98. The van der Waals surface area contributed by atoms with Gasteiger partial charge < -0.3 is 4.90 Å². The molecule has 0 fully saturated rings. The second kappa shape index (κ2) is 6.60. The van der Waals surface area contributed by atoms with Crippen molar-refractivity contribution in [2.24, 2.45) is 0 Å². The van der Waals surface area contributed by atoms with Crippen LogP contribution in [0, 0.1) is 5.82 Å². The minimum absolute atomic E-state index is 0.0620. The molecule has 0 saturated heterocycles. The molecule has 7 heteroatoms. The summed E-state index contributed by atoms with van der Waals surface area (Å²) < 4.78 is 39.6. The van der Waals surface area contributed by atoms with Gasteiger partial charge in [0.15, 0.2) is 0 Å². The Kier molecular flexibility index (Phi) is 5.71. The molecule has 4 nitrogen and oxygen atoms in total. The number of nitrogens with one attached hydrogen (secondary N) is 1. The van der Waals surface area contributed by atoms with Gasteiger partial charge in [0.2, 0.25) is 10.0 Å². The van der Waals surface area contributed by atoms with Gasteiger partial charge in [-0.3, -0.25) is 0 Å². The Hall–Kier alpha value is -0.500. The van der Waals surface area contributed by atoms with Crippen LogP contribution in [0.3, 0.4) is 0 Å². The topological polar surface area (TPSA) is 49.4 Å². The lowest BCUT2D eigenvalue weighted by Gasteiger charge is -2.10. The summed E-state index contributed by atoms with van der Waals surface area (Å²) in [6.45, 7) is 1.12. The van der Waals surface area contributed by atoms with Crippen LogP contribution in [0.1, 0.15) is 6.42 Å². The molecule has 0 bridgehead atoms. The first-order valence-electron chi connectivity index (χ1n) is 5.42. The standard InChI is InChI=1S/C11H16BrFN2O2S/c1-15(2)7-3-6-14-18(16,17)9-4-5-10(12)11(13)8-9/h4-5,8,14H,3,6-7H2,1-2H3. The monoisotopic (exact) mass is 338 g/mol. The minimum atomic E-state index is -3.63. The van der Waals surface area contributed by atoms with Crippen molar-refractivity contribution in [1.82, 2.24) is 9.62 Å². The molecule has 0 aromatic heterocycles. The minimum Gasteiger partial charge on any atom is -0.309 e. The van der Waals surface area contributed by atoms with Gasteiger partial charge in [-0.1, -0.05) is 0 Å². The third-order valence-electron chi connectivity index (χ3n) is 2.28. The molecule has 0 aliphatic carbocycles. The van der Waals surface area contributed by atoms with Gasteiger partial charge in [0.25, 0.3) is 0 Å². The second-order valence-electron chi connectivity index (χ2n) is 4.13. The fourth-order valence-corrected chi connectivity index (χ4v) is 2.66. The molecule has 0 radical (unpaired) electrons. The Balaban J connectivity index is 2.66. The molecule has 102 valence electrons. The van der Waals surface area contributed by atoms with E-state index in [0.29, 0.717) is 13.0 Å². The lowest BCUT2D eigenvalue weighted by molar-refractivity contribution is 0.400. The molecule has 18 heavy (non-hydrogen) atoms. The smallest absolute Gasteiger partial charge is 0.240 e. The van der Waals surface area contributed by atoms with Gasteiger partial charge >= 0.3 is 0 Å². The van der Waals surface area contributed by atoms with Crippen molar-refractivity contribution in [3.63, 3.8) is 0 Å². The SMILES string of the molecule is CN(C)CCCNS(=O)(=O)c1ccc(Br)c(F)c1. The fourth-order valence-electron chi connectivity index (χ4n) is 1.33. The summed E-state index contributed by atoms with van der Waals surface area (Å²) in [5.41, 5.74) is 0. The first kappa shape index (κ1) is 15.6. The molecular formula is C11H16BrFN2O2S. The number of nitrogens with zero attached hydrogens (tertiary/aromatic N) is 1. The maximum atomic E-state index is 13.3. The Morgan fingerprint density at radius 2 is 2.06 bits per heavy atom. The first-order valence-corrected chi connectivity index (χ1v) is 7.70. The van der Waals surface area contributed by atoms with Crippen molar-refractivity contribution in [3.05, 3.63) is 28.5 Å². The van der Waals surface area contributed by atoms with E-state index in [1.807, 2.05) is 19.0 Å². The van der Waals surface area contributed by atoms with E-state index in [-0.39, 0.29) is 9.37 Å². The van der Waals surface area contributed by atoms with E-state index in [0.717, 1.165) is 12.6 Å². The van der Waals surface area contributed by atoms with Crippen molar-refractivity contribution in [2.75, 3.05) is 27.2 Å². The largest absolute Gasteiger partial charge is 0.309 e. The van der Waals surface area contributed by atoms with Crippen molar-refractivity contribution in [1.29, 1.82) is 0 Å². The van der Waals surface area contributed by atoms with Gasteiger partial charge in [-0.2, -0.15) is 0 Å². The van der Waals surface area contributed by atoms with Crippen molar-refractivity contribution in [3.8, 4) is 0 Å². The highest BCUT2D eigenvalue weighted by Crippen LogP contribution is 2.19. The predicted octanol–water partition coefficient (Wildman–Crippen LogP) is 1.82. The lowest BCUT2D eigenvalue weighted by atomic mass is 10.3. The normalized spacial score (nSPS) is 12.1. The van der Waals surface area contributed by atoms with E-state index in [1.165, 1.54) is 12.1 Å². The molecule has 0 atom stereocenters. The van der Waals surface area contributed by atoms with Crippen LogP contribution in [0.25, 0.3) is 0 Å². The summed E-state index contributed by atoms with van der Waals surface area (Å²) in [6.07, 6.45) is 0.700. The maximum absolute atomic E-state index is 13.3. The van der Waals surface area contributed by atoms with Crippen LogP contribution in [-0.4, -0.2) is 40.5 Å². The zero-order chi connectivity index (χ0) is 13.8. The van der Waals surface area contributed by atoms with Crippen LogP contribution >= 0.6 is 15.9 Å². The Bertz CT molecular complexity index is 506. The maximum Gasteiger partial charge on any atom is 0.240 e. The summed E-state index contributed by atoms with van der Waals surface area (Å²) in [5, 5.41) is 0. The van der Waals surface area contributed by atoms with Crippen LogP contribution in [0.5, 0.6) is 0 Å². The molecule has 0 aliphatic rings. The first-order chi connectivity index (χ1) is 8.33. The summed E-state index contributed by atoms with van der Waals surface area (Å²) in [4.78, 5) is 1.90. The molecule has 0 amide bonds. The molecule has 1 rings (SSSR count). The highest BCUT2D eigenvalue weighted by Gasteiger charge is 2.15. The molecule has 0 spiro atoms. The van der Waals surface area contributed by atoms with Crippen LogP contribution in [0.15, 0.2) is 27.6 Å². The van der Waals surface area contributed by atoms with E-state index in [2.05, 4.69) is 20.7 Å². The number of hydrogen-bond donors (Lipinski definition) is 1. The molecule has 0 heterocycles. The third kappa shape index (κ3) is 4.64. The number of sulfonamides is 1. The third-order valence-corrected chi connectivity index (χ3v) is 4.38. The van der Waals surface area contributed by atoms with E-state index in [9.17, 15) is 12.8 Å². The molecule has 0 aliphatic heterocycles. The van der Waals surface area contributed by atoms with Crippen LogP contribution in [-0.2, 0) is 10.0 Å². The average molecular weight is 339 g/mol. The van der Waals surface area contributed by atoms with Crippen molar-refractivity contribution in [2.45, 2.75) is 11.3 Å². The molecule has 1 aromatic rings. The molecule has 0 unspecified atom stereocenters. The zero-order valence-electron chi connectivity index (χ0n) is 10.3. The summed E-state index contributed by atoms with van der Waals surface area (Å²) in [6, 6.07) is 3.74. The average Bonchev–Trinajstić information content (AvgIpc) is 2.28. The number of rotatable bonds is 6. The number of hydrogen-bond acceptors (Lipinski definition) is 3. The number of benzene rings is 1. The molecule has 1 N–H and O–H groups in total. The summed E-state index contributed by atoms with van der Waals surface area (Å²) in [5.74, 6) is -0.592. The van der Waals surface area contributed by atoms with Gasteiger partial charge in [-0.15, -0.1) is 0 Å². The van der Waals surface area contributed by atoms with Crippen LogP contribution in [0.4, 0.5) is 4.39 Å². The Morgan fingerprint density at radius 1 is 1.39 bits per heavy atom. The second-order valence-corrected chi connectivity index (χ2v) is 6.75.